The van der Waals surface area contributed by atoms with Gasteiger partial charge in [-0.15, -0.1) is 13.2 Å². The Labute approximate surface area is 163 Å². The molecular formula is C17H16F3N3O4S. The van der Waals surface area contributed by atoms with Gasteiger partial charge in [-0.2, -0.15) is 0 Å². The Morgan fingerprint density at radius 3 is 2.11 bits per heavy atom. The van der Waals surface area contributed by atoms with Crippen molar-refractivity contribution in [2.45, 2.75) is 6.36 Å². The number of amides is 1. The van der Waals surface area contributed by atoms with Crippen LogP contribution in [-0.4, -0.2) is 31.1 Å². The largest absolute Gasteiger partial charge is 0.573 e. The van der Waals surface area contributed by atoms with Crippen molar-refractivity contribution in [3.63, 3.8) is 0 Å². The number of rotatable bonds is 6. The van der Waals surface area contributed by atoms with Gasteiger partial charge in [0.15, 0.2) is 11.7 Å². The van der Waals surface area contributed by atoms with Crippen LogP contribution in [-0.2, 0) is 4.79 Å². The normalized spacial score (nSPS) is 10.6. The molecule has 2 rings (SSSR count). The van der Waals surface area contributed by atoms with Crippen molar-refractivity contribution in [1.29, 1.82) is 0 Å². The second-order valence-electron chi connectivity index (χ2n) is 5.16. The van der Waals surface area contributed by atoms with Crippen molar-refractivity contribution in [1.82, 2.24) is 10.9 Å². The van der Waals surface area contributed by atoms with E-state index in [0.717, 1.165) is 12.1 Å². The van der Waals surface area contributed by atoms with Crippen LogP contribution in [0.1, 0.15) is 0 Å². The van der Waals surface area contributed by atoms with Crippen LogP contribution in [0, 0.1) is 0 Å². The predicted octanol–water partition coefficient (Wildman–Crippen LogP) is 2.99. The molecule has 2 aromatic carbocycles. The summed E-state index contributed by atoms with van der Waals surface area (Å²) in [4.78, 5) is 11.7. The summed E-state index contributed by atoms with van der Waals surface area (Å²) in [6.45, 7) is -0.259. The lowest BCUT2D eigenvalue weighted by atomic mass is 10.3. The molecule has 7 nitrogen and oxygen atoms in total. The monoisotopic (exact) mass is 415 g/mol. The zero-order valence-corrected chi connectivity index (χ0v) is 15.3. The van der Waals surface area contributed by atoms with Crippen LogP contribution in [0.4, 0.5) is 18.9 Å². The molecule has 2 aromatic rings. The van der Waals surface area contributed by atoms with Gasteiger partial charge in [-0.05, 0) is 60.7 Å². The smallest absolute Gasteiger partial charge is 0.497 e. The highest BCUT2D eigenvalue weighted by molar-refractivity contribution is 7.80. The number of halogens is 3. The third-order valence-corrected chi connectivity index (χ3v) is 3.29. The zero-order chi connectivity index (χ0) is 20.6. The number of carbonyl (C=O) groups is 1. The van der Waals surface area contributed by atoms with Crippen molar-refractivity contribution in [2.24, 2.45) is 0 Å². The third kappa shape index (κ3) is 7.58. The summed E-state index contributed by atoms with van der Waals surface area (Å²) in [5.74, 6) is 0.292. The zero-order valence-electron chi connectivity index (χ0n) is 14.5. The van der Waals surface area contributed by atoms with Crippen molar-refractivity contribution >= 4 is 28.9 Å². The number of benzene rings is 2. The molecule has 0 saturated heterocycles. The van der Waals surface area contributed by atoms with Gasteiger partial charge in [0.1, 0.15) is 17.2 Å². The molecule has 0 aromatic heterocycles. The quantitative estimate of drug-likeness (QED) is 0.494. The molecule has 150 valence electrons. The Morgan fingerprint density at radius 1 is 0.964 bits per heavy atom. The van der Waals surface area contributed by atoms with E-state index < -0.39 is 12.3 Å². The van der Waals surface area contributed by atoms with Gasteiger partial charge in [-0.25, -0.2) is 0 Å². The van der Waals surface area contributed by atoms with E-state index in [1.165, 1.54) is 19.2 Å². The summed E-state index contributed by atoms with van der Waals surface area (Å²) in [7, 11) is 1.54. The van der Waals surface area contributed by atoms with E-state index in [1.807, 2.05) is 0 Å². The topological polar surface area (TPSA) is 80.9 Å². The Balaban J connectivity index is 1.71. The number of anilines is 1. The molecule has 11 heteroatoms. The fourth-order valence-electron chi connectivity index (χ4n) is 1.89. The number of ether oxygens (including phenoxy) is 3. The molecule has 0 aliphatic heterocycles. The molecule has 0 saturated carbocycles. The average molecular weight is 415 g/mol. The lowest BCUT2D eigenvalue weighted by Crippen LogP contribution is -2.45. The van der Waals surface area contributed by atoms with Gasteiger partial charge in [0, 0.05) is 5.69 Å². The van der Waals surface area contributed by atoms with Crippen molar-refractivity contribution in [3.05, 3.63) is 48.5 Å². The number of nitrogens with one attached hydrogen (secondary N) is 3. The van der Waals surface area contributed by atoms with Crippen molar-refractivity contribution < 1.29 is 32.2 Å². The Kier molecular flexibility index (Phi) is 7.27. The second-order valence-corrected chi connectivity index (χ2v) is 5.57. The van der Waals surface area contributed by atoms with Gasteiger partial charge in [-0.1, -0.05) is 0 Å². The van der Waals surface area contributed by atoms with E-state index in [4.69, 9.17) is 21.7 Å². The van der Waals surface area contributed by atoms with Gasteiger partial charge in [-0.3, -0.25) is 15.6 Å². The Morgan fingerprint density at radius 2 is 1.54 bits per heavy atom. The molecule has 0 heterocycles. The number of methoxy groups -OCH3 is 1. The van der Waals surface area contributed by atoms with Crippen molar-refractivity contribution in [2.75, 3.05) is 19.0 Å². The highest BCUT2D eigenvalue weighted by Crippen LogP contribution is 2.23. The first kappa shape index (κ1) is 21.1. The summed E-state index contributed by atoms with van der Waals surface area (Å²) >= 11 is 4.98. The molecule has 0 bridgehead atoms. The molecule has 0 aliphatic rings. The molecule has 0 spiro atoms. The maximum atomic E-state index is 12.1. The van der Waals surface area contributed by atoms with Gasteiger partial charge in [0.2, 0.25) is 0 Å². The number of hydrogen-bond acceptors (Lipinski definition) is 5. The number of alkyl halides is 3. The summed E-state index contributed by atoms with van der Waals surface area (Å²) in [6.07, 6.45) is -4.76. The molecule has 0 radical (unpaired) electrons. The number of hydrazine groups is 1. The van der Waals surface area contributed by atoms with Crippen LogP contribution in [0.15, 0.2) is 48.5 Å². The first-order valence-electron chi connectivity index (χ1n) is 7.73. The lowest BCUT2D eigenvalue weighted by Gasteiger charge is -2.13. The van der Waals surface area contributed by atoms with Crippen LogP contribution in [0.3, 0.4) is 0 Å². The van der Waals surface area contributed by atoms with Crippen LogP contribution >= 0.6 is 12.2 Å². The maximum absolute atomic E-state index is 12.1. The molecule has 0 fully saturated rings. The van der Waals surface area contributed by atoms with Gasteiger partial charge >= 0.3 is 6.36 Å². The van der Waals surface area contributed by atoms with Gasteiger partial charge in [0.25, 0.3) is 5.91 Å². The first-order valence-corrected chi connectivity index (χ1v) is 8.14. The molecular weight excluding hydrogens is 399 g/mol. The molecule has 3 N–H and O–H groups in total. The van der Waals surface area contributed by atoms with E-state index >= 15 is 0 Å². The molecule has 28 heavy (non-hydrogen) atoms. The fourth-order valence-corrected chi connectivity index (χ4v) is 2.05. The molecule has 0 atom stereocenters. The van der Waals surface area contributed by atoms with Gasteiger partial charge in [0.05, 0.1) is 7.11 Å². The maximum Gasteiger partial charge on any atom is 0.573 e. The Hall–Kier alpha value is -3.21. The standard InChI is InChI=1S/C17H16F3N3O4S/c1-25-12-6-8-13(9-7-12)26-10-15(24)22-23-16(28)21-11-2-4-14(5-3-11)27-17(18,19)20/h2-9H,10H2,1H3,(H,22,24)(H2,21,23,28). The van der Waals surface area contributed by atoms with Crippen LogP contribution in [0.5, 0.6) is 17.2 Å². The van der Waals surface area contributed by atoms with Crippen LogP contribution in [0.2, 0.25) is 0 Å². The summed E-state index contributed by atoms with van der Waals surface area (Å²) < 4.78 is 50.4. The minimum Gasteiger partial charge on any atom is -0.497 e. The summed E-state index contributed by atoms with van der Waals surface area (Å²) in [5, 5.41) is 2.72. The number of hydrogen-bond donors (Lipinski definition) is 3. The highest BCUT2D eigenvalue weighted by Gasteiger charge is 2.30. The lowest BCUT2D eigenvalue weighted by molar-refractivity contribution is -0.274. The van der Waals surface area contributed by atoms with E-state index in [1.54, 1.807) is 24.3 Å². The third-order valence-electron chi connectivity index (χ3n) is 3.09. The highest BCUT2D eigenvalue weighted by atomic mass is 32.1. The van der Waals surface area contributed by atoms with E-state index in [9.17, 15) is 18.0 Å². The summed E-state index contributed by atoms with van der Waals surface area (Å²) in [5.41, 5.74) is 5.17. The SMILES string of the molecule is COc1ccc(OCC(=O)NNC(=S)Nc2ccc(OC(F)(F)F)cc2)cc1. The van der Waals surface area contributed by atoms with E-state index in [2.05, 4.69) is 20.9 Å². The van der Waals surface area contributed by atoms with E-state index in [-0.39, 0.29) is 17.5 Å². The van der Waals surface area contributed by atoms with Crippen molar-refractivity contribution in [3.8, 4) is 17.2 Å². The minimum absolute atomic E-state index is 0.0299. The summed E-state index contributed by atoms with van der Waals surface area (Å²) in [6, 6.07) is 11.6. The van der Waals surface area contributed by atoms with Gasteiger partial charge < -0.3 is 19.5 Å². The predicted molar refractivity (Wildman–Crippen MR) is 99.1 cm³/mol. The number of carbonyl (C=O) groups excluding carboxylic acids is 1. The minimum atomic E-state index is -4.76. The van der Waals surface area contributed by atoms with Crippen LogP contribution in [0.25, 0.3) is 0 Å². The molecule has 0 unspecified atom stereocenters. The second kappa shape index (κ2) is 9.65. The average Bonchev–Trinajstić information content (AvgIpc) is 2.65. The Bertz CT molecular complexity index is 799. The fraction of sp³-hybridized carbons (Fsp3) is 0.176. The molecule has 0 aliphatic carbocycles. The molecule has 1 amide bonds. The number of thiocarbonyl (C=S) groups is 1. The first-order chi connectivity index (χ1) is 13.2. The van der Waals surface area contributed by atoms with E-state index in [0.29, 0.717) is 17.2 Å². The van der Waals surface area contributed by atoms with Crippen LogP contribution < -0.4 is 30.4 Å².